The second-order valence-electron chi connectivity index (χ2n) is 4.24. The Bertz CT molecular complexity index is 604. The summed E-state index contributed by atoms with van der Waals surface area (Å²) in [4.78, 5) is 22.0. The first-order valence-corrected chi connectivity index (χ1v) is 7.25. The fourth-order valence-electron chi connectivity index (χ4n) is 1.57. The Balaban J connectivity index is 3.01. The molecule has 0 aromatic heterocycles. The zero-order valence-corrected chi connectivity index (χ0v) is 13.5. The van der Waals surface area contributed by atoms with E-state index in [2.05, 4.69) is 9.47 Å². The summed E-state index contributed by atoms with van der Waals surface area (Å²) in [6.07, 6.45) is 1.03. The number of rotatable bonds is 6. The standard InChI is InChI=1S/C16H17ClO6/c1-3-11(9-12-5-7-13(17)8-6-12)10-14(22-15(18)19)23-16(20)21-4-2/h5-10H,3-4H2,1-2H3,(H,18,19). The number of carbonyl (C=O) groups is 2. The van der Waals surface area contributed by atoms with Crippen molar-refractivity contribution in [2.75, 3.05) is 6.61 Å². The van der Waals surface area contributed by atoms with Gasteiger partial charge < -0.3 is 19.3 Å². The number of allylic oxidation sites excluding steroid dienone is 2. The van der Waals surface area contributed by atoms with Crippen LogP contribution in [0, 0.1) is 0 Å². The Kier molecular flexibility index (Phi) is 7.70. The predicted octanol–water partition coefficient (Wildman–Crippen LogP) is 4.84. The first kappa shape index (κ1) is 18.6. The van der Waals surface area contributed by atoms with Crippen LogP contribution in [0.4, 0.5) is 9.59 Å². The maximum Gasteiger partial charge on any atom is 0.516 e. The van der Waals surface area contributed by atoms with Crippen LogP contribution in [0.15, 0.2) is 41.9 Å². The van der Waals surface area contributed by atoms with Crippen molar-refractivity contribution >= 4 is 30.0 Å². The molecule has 1 aromatic carbocycles. The zero-order valence-electron chi connectivity index (χ0n) is 12.7. The summed E-state index contributed by atoms with van der Waals surface area (Å²) in [5.74, 6) is -0.474. The largest absolute Gasteiger partial charge is 0.516 e. The van der Waals surface area contributed by atoms with Crippen LogP contribution in [0.3, 0.4) is 0 Å². The van der Waals surface area contributed by atoms with E-state index in [1.54, 1.807) is 37.3 Å². The fourth-order valence-corrected chi connectivity index (χ4v) is 1.69. The molecule has 23 heavy (non-hydrogen) atoms. The van der Waals surface area contributed by atoms with Crippen molar-refractivity contribution in [1.82, 2.24) is 0 Å². The third kappa shape index (κ3) is 7.37. The van der Waals surface area contributed by atoms with Crippen molar-refractivity contribution in [3.63, 3.8) is 0 Å². The van der Waals surface area contributed by atoms with Gasteiger partial charge in [0.05, 0.1) is 6.61 Å². The third-order valence-corrected chi connectivity index (χ3v) is 2.82. The average Bonchev–Trinajstić information content (AvgIpc) is 2.48. The molecule has 0 saturated carbocycles. The van der Waals surface area contributed by atoms with Crippen LogP contribution in [-0.2, 0) is 14.2 Å². The molecule has 7 heteroatoms. The highest BCUT2D eigenvalue weighted by Gasteiger charge is 2.13. The Morgan fingerprint density at radius 2 is 1.83 bits per heavy atom. The number of carbonyl (C=O) groups excluding carboxylic acids is 1. The third-order valence-electron chi connectivity index (χ3n) is 2.57. The molecule has 0 amide bonds. The minimum atomic E-state index is -1.59. The van der Waals surface area contributed by atoms with E-state index in [0.29, 0.717) is 17.0 Å². The van der Waals surface area contributed by atoms with Gasteiger partial charge in [0.2, 0.25) is 0 Å². The Morgan fingerprint density at radius 1 is 1.17 bits per heavy atom. The number of hydrogen-bond donors (Lipinski definition) is 1. The highest BCUT2D eigenvalue weighted by Crippen LogP contribution is 2.17. The summed E-state index contributed by atoms with van der Waals surface area (Å²) >= 11 is 5.82. The lowest BCUT2D eigenvalue weighted by Crippen LogP contribution is -2.11. The fraction of sp³-hybridized carbons (Fsp3) is 0.250. The quantitative estimate of drug-likeness (QED) is 0.453. The smallest absolute Gasteiger partial charge is 0.449 e. The number of hydrogen-bond acceptors (Lipinski definition) is 5. The lowest BCUT2D eigenvalue weighted by atomic mass is 10.1. The summed E-state index contributed by atoms with van der Waals surface area (Å²) in [5, 5.41) is 9.31. The van der Waals surface area contributed by atoms with E-state index in [4.69, 9.17) is 21.4 Å². The molecule has 0 aliphatic carbocycles. The van der Waals surface area contributed by atoms with Gasteiger partial charge in [0, 0.05) is 11.1 Å². The van der Waals surface area contributed by atoms with E-state index in [9.17, 15) is 9.59 Å². The Morgan fingerprint density at radius 3 is 2.35 bits per heavy atom. The molecule has 0 bridgehead atoms. The molecule has 0 radical (unpaired) electrons. The van der Waals surface area contributed by atoms with Gasteiger partial charge in [-0.3, -0.25) is 0 Å². The molecule has 0 heterocycles. The van der Waals surface area contributed by atoms with Crippen LogP contribution in [0.5, 0.6) is 0 Å². The maximum absolute atomic E-state index is 11.3. The molecule has 124 valence electrons. The molecule has 0 saturated heterocycles. The van der Waals surface area contributed by atoms with E-state index in [-0.39, 0.29) is 6.61 Å². The molecule has 6 nitrogen and oxygen atoms in total. The van der Waals surface area contributed by atoms with Gasteiger partial charge in [0.1, 0.15) is 0 Å². The second-order valence-corrected chi connectivity index (χ2v) is 4.68. The van der Waals surface area contributed by atoms with Crippen LogP contribution in [-0.4, -0.2) is 24.0 Å². The van der Waals surface area contributed by atoms with Crippen molar-refractivity contribution in [2.45, 2.75) is 20.3 Å². The van der Waals surface area contributed by atoms with Crippen molar-refractivity contribution in [2.24, 2.45) is 0 Å². The van der Waals surface area contributed by atoms with E-state index in [1.807, 2.05) is 6.92 Å². The summed E-state index contributed by atoms with van der Waals surface area (Å²) < 4.78 is 13.8. The molecular weight excluding hydrogens is 324 g/mol. The molecular formula is C16H17ClO6. The number of carboxylic acid groups (broad SMARTS) is 1. The summed E-state index contributed by atoms with van der Waals surface area (Å²) in [6, 6.07) is 7.06. The van der Waals surface area contributed by atoms with Crippen molar-refractivity contribution in [3.05, 3.63) is 52.4 Å². The molecule has 0 atom stereocenters. The topological polar surface area (TPSA) is 82.1 Å². The maximum atomic E-state index is 11.3. The number of benzene rings is 1. The van der Waals surface area contributed by atoms with E-state index >= 15 is 0 Å². The van der Waals surface area contributed by atoms with Gasteiger partial charge in [0.15, 0.2) is 0 Å². The van der Waals surface area contributed by atoms with Gasteiger partial charge in [-0.05, 0) is 36.6 Å². The Hall–Kier alpha value is -2.47. The van der Waals surface area contributed by atoms with Crippen molar-refractivity contribution in [3.8, 4) is 0 Å². The SMILES string of the molecule is CCOC(=O)OC(=CC(=Cc1ccc(Cl)cc1)CC)OC(=O)O. The minimum Gasteiger partial charge on any atom is -0.449 e. The van der Waals surface area contributed by atoms with Gasteiger partial charge in [-0.25, -0.2) is 9.59 Å². The summed E-state index contributed by atoms with van der Waals surface area (Å²) in [6.45, 7) is 3.56. The lowest BCUT2D eigenvalue weighted by molar-refractivity contribution is 0.0267. The zero-order chi connectivity index (χ0) is 17.2. The molecule has 0 fully saturated rings. The molecule has 0 unspecified atom stereocenters. The van der Waals surface area contributed by atoms with Crippen molar-refractivity contribution < 1.29 is 28.9 Å². The second kappa shape index (κ2) is 9.53. The van der Waals surface area contributed by atoms with E-state index < -0.39 is 18.3 Å². The molecule has 0 spiro atoms. The first-order chi connectivity index (χ1) is 10.9. The molecule has 1 rings (SSSR count). The normalized spacial score (nSPS) is 11.8. The molecule has 0 aliphatic rings. The number of halogens is 1. The highest BCUT2D eigenvalue weighted by atomic mass is 35.5. The first-order valence-electron chi connectivity index (χ1n) is 6.87. The number of ether oxygens (including phenoxy) is 3. The summed E-state index contributed by atoms with van der Waals surface area (Å²) in [7, 11) is 0. The Labute approximate surface area is 138 Å². The van der Waals surface area contributed by atoms with Gasteiger partial charge in [-0.2, -0.15) is 0 Å². The predicted molar refractivity (Wildman–Crippen MR) is 85.0 cm³/mol. The van der Waals surface area contributed by atoms with Gasteiger partial charge >= 0.3 is 18.3 Å². The van der Waals surface area contributed by atoms with E-state index in [1.165, 1.54) is 6.08 Å². The van der Waals surface area contributed by atoms with Crippen LogP contribution in [0.2, 0.25) is 5.02 Å². The van der Waals surface area contributed by atoms with Crippen molar-refractivity contribution in [1.29, 1.82) is 0 Å². The van der Waals surface area contributed by atoms with E-state index in [0.717, 1.165) is 5.56 Å². The lowest BCUT2D eigenvalue weighted by Gasteiger charge is -2.07. The van der Waals surface area contributed by atoms with Crippen LogP contribution >= 0.6 is 11.6 Å². The summed E-state index contributed by atoms with van der Waals surface area (Å²) in [5.41, 5.74) is 1.54. The van der Waals surface area contributed by atoms with Crippen LogP contribution in [0.25, 0.3) is 6.08 Å². The monoisotopic (exact) mass is 340 g/mol. The average molecular weight is 341 g/mol. The van der Waals surface area contributed by atoms with Gasteiger partial charge in [-0.1, -0.05) is 36.7 Å². The van der Waals surface area contributed by atoms with Gasteiger partial charge in [0.25, 0.3) is 0 Å². The minimum absolute atomic E-state index is 0.0977. The molecule has 0 aliphatic heterocycles. The van der Waals surface area contributed by atoms with Crippen LogP contribution < -0.4 is 0 Å². The highest BCUT2D eigenvalue weighted by molar-refractivity contribution is 6.30. The molecule has 1 N–H and O–H groups in total. The van der Waals surface area contributed by atoms with Gasteiger partial charge in [-0.15, -0.1) is 0 Å². The van der Waals surface area contributed by atoms with Crippen LogP contribution in [0.1, 0.15) is 25.8 Å². The molecule has 1 aromatic rings.